The van der Waals surface area contributed by atoms with E-state index < -0.39 is 10.0 Å². The van der Waals surface area contributed by atoms with Gasteiger partial charge in [-0.1, -0.05) is 60.7 Å². The lowest BCUT2D eigenvalue weighted by Gasteiger charge is -2.17. The van der Waals surface area contributed by atoms with Gasteiger partial charge in [0, 0.05) is 11.3 Å². The number of sulfonamides is 1. The average Bonchev–Trinajstić information content (AvgIpc) is 3.13. The maximum Gasteiger partial charge on any atom is 0.279 e. The molecular weight excluding hydrogens is 494 g/mol. The number of nitrogens with zero attached hydrogens (tertiary/aromatic N) is 2. The molecule has 0 saturated heterocycles. The van der Waals surface area contributed by atoms with Crippen LogP contribution in [0.1, 0.15) is 11.1 Å². The van der Waals surface area contributed by atoms with E-state index in [1.54, 1.807) is 11.0 Å². The van der Waals surface area contributed by atoms with Crippen LogP contribution in [0.5, 0.6) is 0 Å². The molecule has 0 unspecified atom stereocenters. The SMILES string of the molecule is NS(=O)(=O)c1cccc(NC(=S)N/N=C2\C(=O)N(Cc3ccc4ccccc4c3)c3ccccc32)c1. The molecule has 180 valence electrons. The van der Waals surface area contributed by atoms with Gasteiger partial charge in [0.25, 0.3) is 5.91 Å². The topological polar surface area (TPSA) is 117 Å². The van der Waals surface area contributed by atoms with Crippen molar-refractivity contribution < 1.29 is 13.2 Å². The highest BCUT2D eigenvalue weighted by atomic mass is 32.2. The molecular formula is C26H21N5O3S2. The first-order chi connectivity index (χ1) is 17.3. The number of nitrogens with one attached hydrogen (secondary N) is 2. The summed E-state index contributed by atoms with van der Waals surface area (Å²) in [6, 6.07) is 27.6. The fourth-order valence-electron chi connectivity index (χ4n) is 4.06. The third-order valence-electron chi connectivity index (χ3n) is 5.74. The van der Waals surface area contributed by atoms with Gasteiger partial charge in [-0.15, -0.1) is 0 Å². The number of primary sulfonamides is 1. The van der Waals surface area contributed by atoms with Crippen LogP contribution in [0.25, 0.3) is 10.8 Å². The van der Waals surface area contributed by atoms with Crippen molar-refractivity contribution in [1.29, 1.82) is 0 Å². The minimum Gasteiger partial charge on any atom is -0.331 e. The van der Waals surface area contributed by atoms with Crippen LogP contribution in [0.3, 0.4) is 0 Å². The van der Waals surface area contributed by atoms with Gasteiger partial charge in [0.05, 0.1) is 17.1 Å². The van der Waals surface area contributed by atoms with E-state index in [0.717, 1.165) is 22.0 Å². The molecule has 0 spiro atoms. The lowest BCUT2D eigenvalue weighted by molar-refractivity contribution is -0.112. The number of hydrazone groups is 1. The van der Waals surface area contributed by atoms with E-state index in [2.05, 4.69) is 21.9 Å². The van der Waals surface area contributed by atoms with E-state index in [4.69, 9.17) is 17.4 Å². The quantitative estimate of drug-likeness (QED) is 0.276. The number of amides is 1. The third-order valence-corrected chi connectivity index (χ3v) is 6.85. The van der Waals surface area contributed by atoms with E-state index in [0.29, 0.717) is 17.8 Å². The molecule has 4 aromatic carbocycles. The normalized spacial score (nSPS) is 14.2. The van der Waals surface area contributed by atoms with Gasteiger partial charge in [0.1, 0.15) is 0 Å². The highest BCUT2D eigenvalue weighted by Crippen LogP contribution is 2.31. The summed E-state index contributed by atoms with van der Waals surface area (Å²) in [5.41, 5.74) is 5.78. The standard InChI is InChI=1S/C26H21N5O3S2/c27-36(33,34)21-9-5-8-20(15-21)28-26(35)30-29-24-22-10-3-4-11-23(22)31(25(24)32)16-17-12-13-18-6-1-2-7-19(18)14-17/h1-15H,16H2,(H2,27,33,34)(H2,28,30,35)/b29-24-. The average molecular weight is 516 g/mol. The van der Waals surface area contributed by atoms with E-state index in [9.17, 15) is 13.2 Å². The van der Waals surface area contributed by atoms with Gasteiger partial charge in [-0.05, 0) is 58.9 Å². The summed E-state index contributed by atoms with van der Waals surface area (Å²) in [4.78, 5) is 15.0. The molecule has 10 heteroatoms. The zero-order chi connectivity index (χ0) is 25.3. The number of rotatable bonds is 5. The van der Waals surface area contributed by atoms with E-state index in [-0.39, 0.29) is 21.6 Å². The van der Waals surface area contributed by atoms with Crippen LogP contribution < -0.4 is 20.8 Å². The maximum absolute atomic E-state index is 13.4. The lowest BCUT2D eigenvalue weighted by atomic mass is 10.1. The van der Waals surface area contributed by atoms with Gasteiger partial charge < -0.3 is 10.2 Å². The highest BCUT2D eigenvalue weighted by Gasteiger charge is 2.34. The Morgan fingerprint density at radius 1 is 0.917 bits per heavy atom. The number of carbonyl (C=O) groups excluding carboxylic acids is 1. The summed E-state index contributed by atoms with van der Waals surface area (Å²) in [5, 5.41) is 14.7. The van der Waals surface area contributed by atoms with Gasteiger partial charge in [0.2, 0.25) is 10.0 Å². The fraction of sp³-hybridized carbons (Fsp3) is 0.0385. The van der Waals surface area contributed by atoms with Crippen molar-refractivity contribution in [3.05, 3.63) is 102 Å². The minimum atomic E-state index is -3.85. The van der Waals surface area contributed by atoms with Crippen LogP contribution >= 0.6 is 12.2 Å². The van der Waals surface area contributed by atoms with Crippen molar-refractivity contribution in [2.75, 3.05) is 10.2 Å². The summed E-state index contributed by atoms with van der Waals surface area (Å²) < 4.78 is 23.2. The van der Waals surface area contributed by atoms with Crippen molar-refractivity contribution in [3.63, 3.8) is 0 Å². The van der Waals surface area contributed by atoms with Crippen LogP contribution in [0.15, 0.2) is 101 Å². The smallest absolute Gasteiger partial charge is 0.279 e. The molecule has 4 aromatic rings. The largest absolute Gasteiger partial charge is 0.331 e. The van der Waals surface area contributed by atoms with Gasteiger partial charge >= 0.3 is 0 Å². The zero-order valence-electron chi connectivity index (χ0n) is 18.9. The monoisotopic (exact) mass is 515 g/mol. The van der Waals surface area contributed by atoms with Crippen LogP contribution in [0.4, 0.5) is 11.4 Å². The van der Waals surface area contributed by atoms with E-state index >= 15 is 0 Å². The number of hydrogen-bond acceptors (Lipinski definition) is 5. The van der Waals surface area contributed by atoms with Crippen LogP contribution in [0.2, 0.25) is 0 Å². The summed E-state index contributed by atoms with van der Waals surface area (Å²) in [6.07, 6.45) is 0. The van der Waals surface area contributed by atoms with Crippen LogP contribution in [-0.2, 0) is 21.4 Å². The molecule has 5 rings (SSSR count). The Hall–Kier alpha value is -4.12. The Morgan fingerprint density at radius 3 is 2.47 bits per heavy atom. The fourth-order valence-corrected chi connectivity index (χ4v) is 4.79. The Bertz CT molecular complexity index is 1650. The number of nitrogens with two attached hydrogens (primary N) is 1. The number of thiocarbonyl (C=S) groups is 1. The number of benzene rings is 4. The Labute approximate surface area is 213 Å². The van der Waals surface area contributed by atoms with Crippen molar-refractivity contribution in [2.24, 2.45) is 10.2 Å². The zero-order valence-corrected chi connectivity index (χ0v) is 20.5. The highest BCUT2D eigenvalue weighted by molar-refractivity contribution is 7.89. The first-order valence-corrected chi connectivity index (χ1v) is 12.9. The molecule has 0 bridgehead atoms. The summed E-state index contributed by atoms with van der Waals surface area (Å²) >= 11 is 5.29. The molecule has 36 heavy (non-hydrogen) atoms. The maximum atomic E-state index is 13.4. The van der Waals surface area contributed by atoms with Crippen molar-refractivity contribution in [2.45, 2.75) is 11.4 Å². The number of anilines is 2. The van der Waals surface area contributed by atoms with Crippen molar-refractivity contribution >= 4 is 61.1 Å². The van der Waals surface area contributed by atoms with Crippen molar-refractivity contribution in [1.82, 2.24) is 5.43 Å². The molecule has 1 amide bonds. The third kappa shape index (κ3) is 4.82. The van der Waals surface area contributed by atoms with Gasteiger partial charge in [0.15, 0.2) is 10.8 Å². The second-order valence-corrected chi connectivity index (χ2v) is 10.2. The predicted molar refractivity (Wildman–Crippen MR) is 145 cm³/mol. The minimum absolute atomic E-state index is 0.0501. The molecule has 0 radical (unpaired) electrons. The molecule has 0 fully saturated rings. The second kappa shape index (κ2) is 9.50. The predicted octanol–water partition coefficient (Wildman–Crippen LogP) is 3.72. The van der Waals surface area contributed by atoms with Gasteiger partial charge in [-0.2, -0.15) is 5.10 Å². The van der Waals surface area contributed by atoms with E-state index in [1.165, 1.54) is 18.2 Å². The number of carbonyl (C=O) groups is 1. The van der Waals surface area contributed by atoms with Crippen LogP contribution in [-0.4, -0.2) is 25.1 Å². The van der Waals surface area contributed by atoms with Gasteiger partial charge in [-0.25, -0.2) is 13.6 Å². The molecule has 1 heterocycles. The number of para-hydroxylation sites is 1. The molecule has 0 aliphatic carbocycles. The second-order valence-electron chi connectivity index (χ2n) is 8.19. The first-order valence-electron chi connectivity index (χ1n) is 11.0. The molecule has 1 aliphatic rings. The summed E-state index contributed by atoms with van der Waals surface area (Å²) in [7, 11) is -3.85. The Kier molecular flexibility index (Phi) is 6.23. The molecule has 0 aromatic heterocycles. The molecule has 0 saturated carbocycles. The molecule has 0 atom stereocenters. The molecule has 8 nitrogen and oxygen atoms in total. The molecule has 1 aliphatic heterocycles. The van der Waals surface area contributed by atoms with Gasteiger partial charge in [-0.3, -0.25) is 10.2 Å². The molecule has 4 N–H and O–H groups in total. The van der Waals surface area contributed by atoms with E-state index in [1.807, 2.05) is 60.7 Å². The Morgan fingerprint density at radius 2 is 1.67 bits per heavy atom. The first kappa shape index (κ1) is 23.6. The Balaban J connectivity index is 1.36. The summed E-state index contributed by atoms with van der Waals surface area (Å²) in [5.74, 6) is -0.254. The van der Waals surface area contributed by atoms with Crippen LogP contribution in [0, 0.1) is 0 Å². The lowest BCUT2D eigenvalue weighted by Crippen LogP contribution is -2.32. The van der Waals surface area contributed by atoms with Crippen molar-refractivity contribution in [3.8, 4) is 0 Å². The number of hydrogen-bond donors (Lipinski definition) is 3. The number of fused-ring (bicyclic) bond motifs is 2. The summed E-state index contributed by atoms with van der Waals surface area (Å²) in [6.45, 7) is 0.392.